The number of hydrogen-bond donors (Lipinski definition) is 2. The Hall–Kier alpha value is -1.63. The lowest BCUT2D eigenvalue weighted by Gasteiger charge is -2.22. The third-order valence-electron chi connectivity index (χ3n) is 4.28. The summed E-state index contributed by atoms with van der Waals surface area (Å²) in [4.78, 5) is 20.8. The van der Waals surface area contributed by atoms with E-state index in [1.807, 2.05) is 29.8 Å². The van der Waals surface area contributed by atoms with Gasteiger partial charge in [-0.05, 0) is 31.4 Å². The van der Waals surface area contributed by atoms with Crippen LogP contribution in [0.5, 0.6) is 0 Å². The Kier molecular flexibility index (Phi) is 7.20. The zero-order valence-corrected chi connectivity index (χ0v) is 15.2. The van der Waals surface area contributed by atoms with Crippen LogP contribution < -0.4 is 11.1 Å². The molecule has 8 heteroatoms. The van der Waals surface area contributed by atoms with E-state index in [2.05, 4.69) is 15.3 Å². The molecule has 0 aromatic carbocycles. The average Bonchev–Trinajstić information content (AvgIpc) is 3.15. The lowest BCUT2D eigenvalue weighted by Crippen LogP contribution is -2.51. The number of amides is 1. The summed E-state index contributed by atoms with van der Waals surface area (Å²) in [6.45, 7) is 2.38. The van der Waals surface area contributed by atoms with Gasteiger partial charge in [-0.15, -0.1) is 24.8 Å². The van der Waals surface area contributed by atoms with Crippen LogP contribution in [0.4, 0.5) is 0 Å². The minimum Gasteiger partial charge on any atom is -0.350 e. The predicted octanol–water partition coefficient (Wildman–Crippen LogP) is 2.31. The van der Waals surface area contributed by atoms with Crippen LogP contribution in [0.3, 0.4) is 0 Å². The van der Waals surface area contributed by atoms with Gasteiger partial charge in [0.2, 0.25) is 5.91 Å². The largest absolute Gasteiger partial charge is 0.350 e. The normalized spacial score (nSPS) is 15.2. The van der Waals surface area contributed by atoms with Crippen LogP contribution in [0.2, 0.25) is 0 Å². The second-order valence-electron chi connectivity index (χ2n) is 5.92. The smallest absolute Gasteiger partial charge is 0.240 e. The molecule has 1 amide bonds. The summed E-state index contributed by atoms with van der Waals surface area (Å²) >= 11 is 0. The van der Waals surface area contributed by atoms with Gasteiger partial charge < -0.3 is 11.1 Å². The molecule has 2 heterocycles. The summed E-state index contributed by atoms with van der Waals surface area (Å²) in [5, 5.41) is 2.92. The number of aryl methyl sites for hydroxylation is 1. The van der Waals surface area contributed by atoms with Crippen LogP contribution in [-0.4, -0.2) is 26.0 Å². The highest BCUT2D eigenvalue weighted by atomic mass is 35.5. The summed E-state index contributed by atoms with van der Waals surface area (Å²) in [5.74, 6) is 1.65. The van der Waals surface area contributed by atoms with Crippen LogP contribution in [0, 0.1) is 6.92 Å². The van der Waals surface area contributed by atoms with Crippen molar-refractivity contribution in [3.63, 3.8) is 0 Å². The van der Waals surface area contributed by atoms with Crippen molar-refractivity contribution in [3.8, 4) is 5.82 Å². The molecule has 1 aliphatic carbocycles. The minimum atomic E-state index is -0.679. The van der Waals surface area contributed by atoms with Gasteiger partial charge in [0.15, 0.2) is 0 Å². The van der Waals surface area contributed by atoms with Gasteiger partial charge in [-0.25, -0.2) is 9.97 Å². The average molecular weight is 372 g/mol. The maximum Gasteiger partial charge on any atom is 0.240 e. The number of aromatic nitrogens is 3. The van der Waals surface area contributed by atoms with Crippen LogP contribution in [0.25, 0.3) is 5.82 Å². The van der Waals surface area contributed by atoms with Gasteiger partial charge in [-0.2, -0.15) is 0 Å². The maximum absolute atomic E-state index is 12.2. The molecule has 1 fully saturated rings. The standard InChI is InChI=1S/C16H21N5O.2ClH/c1-12-18-8-9-21(12)14-5-4-13(10-19-14)11-20-15(22)16(17)6-2-3-7-16;;/h4-5,8-10H,2-3,6-7,11,17H2,1H3,(H,20,22);2*1H. The Bertz CT molecular complexity index is 665. The first-order chi connectivity index (χ1) is 10.6. The fourth-order valence-electron chi connectivity index (χ4n) is 2.88. The van der Waals surface area contributed by atoms with Crippen molar-refractivity contribution in [2.24, 2.45) is 5.73 Å². The highest BCUT2D eigenvalue weighted by Crippen LogP contribution is 2.27. The van der Waals surface area contributed by atoms with E-state index in [0.29, 0.717) is 6.54 Å². The van der Waals surface area contributed by atoms with E-state index in [0.717, 1.165) is 42.9 Å². The summed E-state index contributed by atoms with van der Waals surface area (Å²) in [7, 11) is 0. The first kappa shape index (κ1) is 20.4. The molecule has 3 rings (SSSR count). The van der Waals surface area contributed by atoms with Crippen molar-refractivity contribution < 1.29 is 4.79 Å². The summed E-state index contributed by atoms with van der Waals surface area (Å²) in [6, 6.07) is 3.88. The number of nitrogens with two attached hydrogens (primary N) is 1. The second-order valence-corrected chi connectivity index (χ2v) is 5.92. The number of rotatable bonds is 4. The van der Waals surface area contributed by atoms with E-state index >= 15 is 0 Å². The number of imidazole rings is 1. The van der Waals surface area contributed by atoms with Crippen molar-refractivity contribution in [1.82, 2.24) is 19.9 Å². The quantitative estimate of drug-likeness (QED) is 0.863. The maximum atomic E-state index is 12.2. The fraction of sp³-hybridized carbons (Fsp3) is 0.438. The van der Waals surface area contributed by atoms with Crippen molar-refractivity contribution in [2.45, 2.75) is 44.7 Å². The van der Waals surface area contributed by atoms with Crippen LogP contribution in [0.1, 0.15) is 37.1 Å². The van der Waals surface area contributed by atoms with Crippen LogP contribution in [0.15, 0.2) is 30.7 Å². The van der Waals surface area contributed by atoms with E-state index < -0.39 is 5.54 Å². The number of nitrogens with zero attached hydrogens (tertiary/aromatic N) is 3. The lowest BCUT2D eigenvalue weighted by atomic mass is 9.98. The highest BCUT2D eigenvalue weighted by Gasteiger charge is 2.36. The molecule has 2 aromatic heterocycles. The van der Waals surface area contributed by atoms with Gasteiger partial charge in [-0.1, -0.05) is 18.9 Å². The first-order valence-corrected chi connectivity index (χ1v) is 7.61. The van der Waals surface area contributed by atoms with E-state index in [1.54, 1.807) is 12.4 Å². The molecule has 1 saturated carbocycles. The van der Waals surface area contributed by atoms with E-state index in [9.17, 15) is 4.79 Å². The van der Waals surface area contributed by atoms with E-state index in [-0.39, 0.29) is 30.7 Å². The van der Waals surface area contributed by atoms with Crippen molar-refractivity contribution >= 4 is 30.7 Å². The molecule has 0 aliphatic heterocycles. The van der Waals surface area contributed by atoms with Crippen molar-refractivity contribution in [2.75, 3.05) is 0 Å². The van der Waals surface area contributed by atoms with Gasteiger partial charge in [0.05, 0.1) is 5.54 Å². The summed E-state index contributed by atoms with van der Waals surface area (Å²) < 4.78 is 1.91. The molecule has 0 spiro atoms. The van der Waals surface area contributed by atoms with Gasteiger partial charge >= 0.3 is 0 Å². The van der Waals surface area contributed by atoms with Crippen molar-refractivity contribution in [1.29, 1.82) is 0 Å². The number of carbonyl (C=O) groups is 1. The van der Waals surface area contributed by atoms with E-state index in [1.165, 1.54) is 0 Å². The van der Waals surface area contributed by atoms with Crippen LogP contribution >= 0.6 is 24.8 Å². The Labute approximate surface area is 154 Å². The number of pyridine rings is 1. The van der Waals surface area contributed by atoms with Crippen molar-refractivity contribution in [3.05, 3.63) is 42.1 Å². The monoisotopic (exact) mass is 371 g/mol. The number of nitrogens with one attached hydrogen (secondary N) is 1. The Morgan fingerprint density at radius 2 is 2.00 bits per heavy atom. The molecular weight excluding hydrogens is 349 g/mol. The second kappa shape index (κ2) is 8.46. The lowest BCUT2D eigenvalue weighted by molar-refractivity contribution is -0.126. The molecule has 0 bridgehead atoms. The molecule has 0 radical (unpaired) electrons. The molecule has 0 atom stereocenters. The van der Waals surface area contributed by atoms with Gasteiger partial charge in [0, 0.05) is 25.1 Å². The number of hydrogen-bond acceptors (Lipinski definition) is 4. The molecule has 0 unspecified atom stereocenters. The topological polar surface area (TPSA) is 85.8 Å². The predicted molar refractivity (Wildman–Crippen MR) is 97.8 cm³/mol. The van der Waals surface area contributed by atoms with Gasteiger partial charge in [0.1, 0.15) is 11.6 Å². The Morgan fingerprint density at radius 3 is 2.54 bits per heavy atom. The minimum absolute atomic E-state index is 0. The molecule has 24 heavy (non-hydrogen) atoms. The molecular formula is C16H23Cl2N5O. The van der Waals surface area contributed by atoms with Gasteiger partial charge in [-0.3, -0.25) is 9.36 Å². The molecule has 2 aromatic rings. The summed E-state index contributed by atoms with van der Waals surface area (Å²) in [6.07, 6.45) is 9.00. The fourth-order valence-corrected chi connectivity index (χ4v) is 2.88. The SMILES string of the molecule is Cc1nccn1-c1ccc(CNC(=O)C2(N)CCCC2)cn1.Cl.Cl. The molecule has 6 nitrogen and oxygen atoms in total. The molecule has 1 aliphatic rings. The highest BCUT2D eigenvalue weighted by molar-refractivity contribution is 5.86. The Morgan fingerprint density at radius 1 is 1.29 bits per heavy atom. The molecule has 132 valence electrons. The zero-order chi connectivity index (χ0) is 15.6. The molecule has 0 saturated heterocycles. The van der Waals surface area contributed by atoms with Gasteiger partial charge in [0.25, 0.3) is 0 Å². The Balaban J connectivity index is 0.00000144. The third-order valence-corrected chi connectivity index (χ3v) is 4.28. The molecule has 3 N–H and O–H groups in total. The number of halogens is 2. The van der Waals surface area contributed by atoms with E-state index in [4.69, 9.17) is 5.73 Å². The number of carbonyl (C=O) groups excluding carboxylic acids is 1. The summed E-state index contributed by atoms with van der Waals surface area (Å²) in [5.41, 5.74) is 6.41. The van der Waals surface area contributed by atoms with Crippen LogP contribution in [-0.2, 0) is 11.3 Å². The first-order valence-electron chi connectivity index (χ1n) is 7.61. The zero-order valence-electron chi connectivity index (χ0n) is 13.6. The third kappa shape index (κ3) is 4.26.